The second-order valence-corrected chi connectivity index (χ2v) is 10.7. The molecule has 0 spiro atoms. The van der Waals surface area contributed by atoms with Gasteiger partial charge in [-0.2, -0.15) is 0 Å². The van der Waals surface area contributed by atoms with E-state index in [1.54, 1.807) is 30.3 Å². The zero-order valence-electron chi connectivity index (χ0n) is 21.3. The van der Waals surface area contributed by atoms with Gasteiger partial charge >= 0.3 is 5.97 Å². The average Bonchev–Trinajstić information content (AvgIpc) is 3.41. The predicted octanol–water partition coefficient (Wildman–Crippen LogP) is 0.921. The molecule has 1 fully saturated rings. The van der Waals surface area contributed by atoms with Crippen molar-refractivity contribution in [3.63, 3.8) is 0 Å². The van der Waals surface area contributed by atoms with Gasteiger partial charge in [0, 0.05) is 11.8 Å². The van der Waals surface area contributed by atoms with Crippen LogP contribution in [0.15, 0.2) is 42.9 Å². The fraction of sp³-hybridized carbons (Fsp3) is 0.391. The van der Waals surface area contributed by atoms with Crippen LogP contribution in [0.2, 0.25) is 0 Å². The van der Waals surface area contributed by atoms with E-state index >= 15 is 0 Å². The number of methoxy groups -OCH3 is 1. The van der Waals surface area contributed by atoms with Crippen molar-refractivity contribution < 1.29 is 38.4 Å². The predicted molar refractivity (Wildman–Crippen MR) is 144 cm³/mol. The smallest absolute Gasteiger partial charge is 0.326 e. The third-order valence-corrected chi connectivity index (χ3v) is 7.78. The number of carbonyl (C=O) groups is 1. The molecule has 3 aromatic rings. The molecule has 0 bridgehead atoms. The van der Waals surface area contributed by atoms with Gasteiger partial charge in [-0.15, -0.1) is 0 Å². The Hall–Kier alpha value is -3.17. The molecule has 210 valence electrons. The molecular formula is C23H29N6O8PS. The quantitative estimate of drug-likeness (QED) is 0.114. The maximum Gasteiger partial charge on any atom is 0.326 e. The van der Waals surface area contributed by atoms with Crippen LogP contribution >= 0.6 is 20.4 Å². The number of benzene rings is 1. The number of para-hydroxylation sites is 1. The van der Waals surface area contributed by atoms with Gasteiger partial charge in [0.15, 0.2) is 6.23 Å². The van der Waals surface area contributed by atoms with Crippen molar-refractivity contribution in [3.8, 4) is 5.75 Å². The lowest BCUT2D eigenvalue weighted by Crippen LogP contribution is -2.44. The van der Waals surface area contributed by atoms with E-state index in [0.717, 1.165) is 4.83 Å². The molecular weight excluding hydrogens is 551 g/mol. The van der Waals surface area contributed by atoms with Crippen LogP contribution in [0.1, 0.15) is 25.6 Å². The van der Waals surface area contributed by atoms with Gasteiger partial charge < -0.3 is 45.1 Å². The topological polar surface area (TPSA) is 198 Å². The van der Waals surface area contributed by atoms with Crippen molar-refractivity contribution in [1.29, 1.82) is 0 Å². The molecule has 1 aliphatic rings. The van der Waals surface area contributed by atoms with Crippen LogP contribution in [0.25, 0.3) is 11.0 Å². The molecule has 3 heterocycles. The van der Waals surface area contributed by atoms with Crippen molar-refractivity contribution in [2.75, 3.05) is 19.5 Å². The van der Waals surface area contributed by atoms with E-state index in [-0.39, 0.29) is 16.5 Å². The summed E-state index contributed by atoms with van der Waals surface area (Å²) in [4.78, 5) is 26.9. The van der Waals surface area contributed by atoms with Crippen LogP contribution in [-0.4, -0.2) is 78.1 Å². The van der Waals surface area contributed by atoms with Gasteiger partial charge in [0.2, 0.25) is 0 Å². The molecule has 16 heteroatoms. The fourth-order valence-electron chi connectivity index (χ4n) is 4.20. The van der Waals surface area contributed by atoms with E-state index < -0.39 is 50.8 Å². The maximum atomic E-state index is 13.2. The summed E-state index contributed by atoms with van der Waals surface area (Å²) < 4.78 is 30.9. The molecule has 0 radical (unpaired) electrons. The molecule has 0 saturated carbocycles. The number of nitrogen functional groups attached to an aromatic ring is 1. The fourth-order valence-corrected chi connectivity index (χ4v) is 5.39. The Morgan fingerprint density at radius 3 is 2.69 bits per heavy atom. The van der Waals surface area contributed by atoms with Crippen LogP contribution in [-0.2, 0) is 23.4 Å². The maximum absolute atomic E-state index is 13.2. The summed E-state index contributed by atoms with van der Waals surface area (Å²) in [6.07, 6.45) is -1.08. The van der Waals surface area contributed by atoms with E-state index in [4.69, 9.17) is 42.5 Å². The van der Waals surface area contributed by atoms with Gasteiger partial charge in [-0.25, -0.2) is 9.97 Å². The minimum Gasteiger partial charge on any atom is -0.468 e. The van der Waals surface area contributed by atoms with E-state index in [1.165, 1.54) is 38.0 Å². The molecule has 14 nitrogen and oxygen atoms in total. The summed E-state index contributed by atoms with van der Waals surface area (Å²) in [7, 11) is -2.06. The number of nitrogens with two attached hydrogens (primary N) is 2. The number of aliphatic hydroxyl groups excluding tert-OH is 1. The number of esters is 1. The first kappa shape index (κ1) is 28.8. The lowest BCUT2D eigenvalue weighted by atomic mass is 9.96. The summed E-state index contributed by atoms with van der Waals surface area (Å²) in [5.41, 5.74) is 10.6. The van der Waals surface area contributed by atoms with Crippen LogP contribution in [0, 0.1) is 0 Å². The lowest BCUT2D eigenvalue weighted by Gasteiger charge is -2.28. The van der Waals surface area contributed by atoms with Gasteiger partial charge in [-0.1, -0.05) is 35.3 Å². The highest BCUT2D eigenvalue weighted by Gasteiger charge is 2.54. The second kappa shape index (κ2) is 11.5. The Balaban J connectivity index is 1.56. The van der Waals surface area contributed by atoms with Crippen LogP contribution in [0.4, 0.5) is 5.82 Å². The molecule has 6 atom stereocenters. The highest BCUT2D eigenvalue weighted by Crippen LogP contribution is 2.42. The largest absolute Gasteiger partial charge is 0.468 e. The molecule has 3 unspecified atom stereocenters. The Morgan fingerprint density at radius 2 is 2.05 bits per heavy atom. The van der Waals surface area contributed by atoms with Crippen molar-refractivity contribution >= 4 is 48.2 Å². The first-order chi connectivity index (χ1) is 18.5. The van der Waals surface area contributed by atoms with Crippen LogP contribution < -0.4 is 16.3 Å². The van der Waals surface area contributed by atoms with E-state index in [0.29, 0.717) is 16.7 Å². The van der Waals surface area contributed by atoms with Crippen LogP contribution in [0.5, 0.6) is 5.75 Å². The first-order valence-corrected chi connectivity index (χ1v) is 13.4. The molecule has 1 saturated heterocycles. The number of anilines is 1. The molecule has 0 aliphatic carbocycles. The van der Waals surface area contributed by atoms with Gasteiger partial charge in [0.05, 0.1) is 19.1 Å². The lowest BCUT2D eigenvalue weighted by molar-refractivity contribution is -0.152. The number of ether oxygens (including phenoxy) is 2. The number of fused-ring (bicyclic) bond motifs is 1. The standard InChI is InChI=1S/C23H29N6O8PS/c1-12(21(31)34-3)29(37-13-7-5-4-6-8-13)38(33)35-10-15-17(30)23(2,32)22(36-15)28-9-14(19(25)39)16-18(24)26-11-27-20(16)28/h4-9,11-12,15,17,22,30,32,38H,10H2,1-3H3,(H2,25,39)(H2,24,26,27)/t12-,15?,17?,22+,23+/m0/s1. The molecule has 39 heavy (non-hydrogen) atoms. The number of thiocarbonyl (C=S) groups is 1. The van der Waals surface area contributed by atoms with Gasteiger partial charge in [-0.3, -0.25) is 9.36 Å². The summed E-state index contributed by atoms with van der Waals surface area (Å²) in [5, 5.41) is 22.5. The Kier molecular flexibility index (Phi) is 8.51. The monoisotopic (exact) mass is 580 g/mol. The number of nitrogens with zero attached hydrogens (tertiary/aromatic N) is 4. The molecule has 0 amide bonds. The summed E-state index contributed by atoms with van der Waals surface area (Å²) in [5.74, 6) is -0.274. The van der Waals surface area contributed by atoms with Gasteiger partial charge in [-0.05, 0) is 26.0 Å². The normalized spacial score (nSPS) is 24.5. The van der Waals surface area contributed by atoms with Crippen molar-refractivity contribution in [2.45, 2.75) is 43.9 Å². The number of rotatable bonds is 10. The average molecular weight is 581 g/mol. The number of aliphatic hydroxyl groups is 2. The summed E-state index contributed by atoms with van der Waals surface area (Å²) >= 11 is 5.13. The van der Waals surface area contributed by atoms with Crippen molar-refractivity contribution in [3.05, 3.63) is 48.4 Å². The highest BCUT2D eigenvalue weighted by atomic mass is 32.1. The minimum atomic E-state index is -3.24. The van der Waals surface area contributed by atoms with Gasteiger partial charge in [0.25, 0.3) is 8.18 Å². The third kappa shape index (κ3) is 5.61. The Bertz CT molecular complexity index is 1390. The highest BCUT2D eigenvalue weighted by molar-refractivity contribution is 7.80. The van der Waals surface area contributed by atoms with Crippen molar-refractivity contribution in [2.24, 2.45) is 5.73 Å². The Labute approximate surface area is 229 Å². The molecule has 1 aliphatic heterocycles. The third-order valence-electron chi connectivity index (χ3n) is 6.30. The number of hydroxylamine groups is 1. The first-order valence-electron chi connectivity index (χ1n) is 11.7. The number of carbonyl (C=O) groups excluding carboxylic acids is 1. The number of hydrogen-bond donors (Lipinski definition) is 4. The minimum absolute atomic E-state index is 0.0233. The van der Waals surface area contributed by atoms with Crippen molar-refractivity contribution in [1.82, 2.24) is 19.4 Å². The molecule has 4 rings (SSSR count). The van der Waals surface area contributed by atoms with Crippen LogP contribution in [0.3, 0.4) is 0 Å². The zero-order chi connectivity index (χ0) is 28.5. The Morgan fingerprint density at radius 1 is 1.36 bits per heavy atom. The van der Waals surface area contributed by atoms with E-state index in [9.17, 15) is 19.6 Å². The molecule has 1 aromatic carbocycles. The zero-order valence-corrected chi connectivity index (χ0v) is 23.1. The molecule has 6 N–H and O–H groups in total. The molecule has 2 aromatic heterocycles. The van der Waals surface area contributed by atoms with E-state index in [2.05, 4.69) is 9.97 Å². The number of aromatic nitrogens is 3. The SMILES string of the molecule is COC(=O)[C@H](C)N(Oc1ccccc1)[PH](=O)OCC1O[C@@H](n2cc(C(N)=S)c3c(N)ncnc32)[C@](C)(O)C1O. The summed E-state index contributed by atoms with van der Waals surface area (Å²) in [6, 6.07) is 7.28. The second-order valence-electron chi connectivity index (χ2n) is 8.98. The number of hydrogen-bond acceptors (Lipinski definition) is 12. The summed E-state index contributed by atoms with van der Waals surface area (Å²) in [6.45, 7) is 2.38. The van der Waals surface area contributed by atoms with E-state index in [1.807, 2.05) is 0 Å². The van der Waals surface area contributed by atoms with Gasteiger partial charge in [0.1, 0.15) is 52.4 Å².